The summed E-state index contributed by atoms with van der Waals surface area (Å²) in [7, 11) is 1.61. The minimum Gasteiger partial charge on any atom is -0.496 e. The van der Waals surface area contributed by atoms with Crippen LogP contribution in [0.2, 0.25) is 0 Å². The zero-order chi connectivity index (χ0) is 27.1. The molecule has 0 atom stereocenters. The van der Waals surface area contributed by atoms with E-state index in [4.69, 9.17) is 14.5 Å². The first-order valence-electron chi connectivity index (χ1n) is 12.7. The molecule has 0 radical (unpaired) electrons. The molecule has 4 rings (SSSR count). The van der Waals surface area contributed by atoms with Gasteiger partial charge in [-0.25, -0.2) is 0 Å². The minimum absolute atomic E-state index is 0.279. The van der Waals surface area contributed by atoms with Gasteiger partial charge in [-0.2, -0.15) is 0 Å². The molecule has 1 amide bonds. The summed E-state index contributed by atoms with van der Waals surface area (Å²) in [4.78, 5) is 22.4. The predicted octanol–water partition coefficient (Wildman–Crippen LogP) is 6.29. The topological polar surface area (TPSA) is 99.1 Å². The van der Waals surface area contributed by atoms with Crippen LogP contribution in [-0.4, -0.2) is 33.2 Å². The summed E-state index contributed by atoms with van der Waals surface area (Å²) in [5, 5.41) is 11.7. The molecule has 4 aromatic rings. The maximum atomic E-state index is 13.2. The molecule has 0 aliphatic heterocycles. The normalized spacial score (nSPS) is 11.0. The molecule has 0 saturated carbocycles. The summed E-state index contributed by atoms with van der Waals surface area (Å²) in [6.45, 7) is 8.75. The van der Waals surface area contributed by atoms with Crippen LogP contribution in [0.5, 0.6) is 10.9 Å². The van der Waals surface area contributed by atoms with E-state index in [1.165, 1.54) is 5.56 Å². The first-order chi connectivity index (χ1) is 18.4. The van der Waals surface area contributed by atoms with E-state index in [9.17, 15) is 4.79 Å². The Morgan fingerprint density at radius 3 is 2.68 bits per heavy atom. The van der Waals surface area contributed by atoms with Crippen LogP contribution in [0.25, 0.3) is 11.1 Å². The molecule has 9 heteroatoms. The number of benzene rings is 1. The highest BCUT2D eigenvalue weighted by Gasteiger charge is 2.19. The standard InChI is InChI=1S/C29H33N5O3S/c1-6-20-12-13-21(31-25(20)14-11-18(2)3)17-37-29-34-33-28(38-29)32-27(35)24-16-30-19(4)15-23(24)22-9-7-8-10-26(22)36-5/h7-10,12-13,15-16,18H,6,11,14,17H2,1-5H3,(H,32,33,35). The number of rotatable bonds is 11. The van der Waals surface area contributed by atoms with Crippen molar-refractivity contribution < 1.29 is 14.3 Å². The maximum absolute atomic E-state index is 13.2. The number of ether oxygens (including phenoxy) is 2. The fourth-order valence-electron chi connectivity index (χ4n) is 4.07. The van der Waals surface area contributed by atoms with Gasteiger partial charge < -0.3 is 9.47 Å². The molecule has 0 fully saturated rings. The third-order valence-electron chi connectivity index (χ3n) is 6.12. The molecular weight excluding hydrogens is 498 g/mol. The Morgan fingerprint density at radius 1 is 1.11 bits per heavy atom. The summed E-state index contributed by atoms with van der Waals surface area (Å²) in [5.41, 5.74) is 5.98. The van der Waals surface area contributed by atoms with Gasteiger partial charge in [0.05, 0.1) is 18.4 Å². The van der Waals surface area contributed by atoms with E-state index >= 15 is 0 Å². The van der Waals surface area contributed by atoms with Crippen molar-refractivity contribution in [3.8, 4) is 22.1 Å². The second kappa shape index (κ2) is 12.6. The zero-order valence-corrected chi connectivity index (χ0v) is 23.3. The van der Waals surface area contributed by atoms with Gasteiger partial charge in [0.2, 0.25) is 5.13 Å². The second-order valence-electron chi connectivity index (χ2n) is 9.38. The second-order valence-corrected chi connectivity index (χ2v) is 10.3. The Labute approximate surface area is 227 Å². The van der Waals surface area contributed by atoms with Crippen LogP contribution in [0.1, 0.15) is 60.2 Å². The van der Waals surface area contributed by atoms with Crippen LogP contribution in [0.4, 0.5) is 5.13 Å². The molecule has 0 aliphatic rings. The molecule has 1 aromatic carbocycles. The van der Waals surface area contributed by atoms with Gasteiger partial charge in [0, 0.05) is 28.7 Å². The number of carbonyl (C=O) groups excluding carboxylic acids is 1. The van der Waals surface area contributed by atoms with E-state index in [0.29, 0.717) is 27.6 Å². The lowest BCUT2D eigenvalue weighted by Crippen LogP contribution is -2.14. The number of aromatic nitrogens is 4. The number of aryl methyl sites for hydroxylation is 3. The third-order valence-corrected chi connectivity index (χ3v) is 6.87. The summed E-state index contributed by atoms with van der Waals surface area (Å²) in [6.07, 6.45) is 4.57. The molecule has 0 spiro atoms. The van der Waals surface area contributed by atoms with Crippen molar-refractivity contribution in [1.29, 1.82) is 0 Å². The number of pyridine rings is 2. The number of hydrogen-bond donors (Lipinski definition) is 1. The van der Waals surface area contributed by atoms with Gasteiger partial charge in [-0.1, -0.05) is 50.1 Å². The summed E-state index contributed by atoms with van der Waals surface area (Å²) < 4.78 is 11.4. The van der Waals surface area contributed by atoms with Crippen LogP contribution in [0.15, 0.2) is 48.7 Å². The lowest BCUT2D eigenvalue weighted by Gasteiger charge is -2.13. The summed E-state index contributed by atoms with van der Waals surface area (Å²) in [6, 6.07) is 13.6. The number of nitrogens with one attached hydrogen (secondary N) is 1. The molecule has 0 unspecified atom stereocenters. The van der Waals surface area contributed by atoms with E-state index in [1.807, 2.05) is 43.3 Å². The van der Waals surface area contributed by atoms with Gasteiger partial charge in [-0.15, -0.1) is 5.10 Å². The molecular formula is C29H33N5O3S. The zero-order valence-electron chi connectivity index (χ0n) is 22.4. The lowest BCUT2D eigenvalue weighted by molar-refractivity contribution is 0.102. The minimum atomic E-state index is -0.340. The molecule has 198 valence electrons. The van der Waals surface area contributed by atoms with Crippen LogP contribution in [-0.2, 0) is 19.4 Å². The monoisotopic (exact) mass is 531 g/mol. The van der Waals surface area contributed by atoms with Gasteiger partial charge >= 0.3 is 0 Å². The highest BCUT2D eigenvalue weighted by molar-refractivity contribution is 7.17. The Kier molecular flexibility index (Phi) is 9.02. The van der Waals surface area contributed by atoms with Crippen LogP contribution < -0.4 is 14.8 Å². The van der Waals surface area contributed by atoms with Crippen molar-refractivity contribution in [3.63, 3.8) is 0 Å². The van der Waals surface area contributed by atoms with Crippen LogP contribution >= 0.6 is 11.3 Å². The van der Waals surface area contributed by atoms with Crippen molar-refractivity contribution >= 4 is 22.4 Å². The number of amides is 1. The Bertz CT molecular complexity index is 1400. The number of nitrogens with zero attached hydrogens (tertiary/aromatic N) is 4. The predicted molar refractivity (Wildman–Crippen MR) is 150 cm³/mol. The molecule has 0 bridgehead atoms. The van der Waals surface area contributed by atoms with Gasteiger partial charge in [0.1, 0.15) is 12.4 Å². The fraction of sp³-hybridized carbons (Fsp3) is 0.345. The molecule has 3 aromatic heterocycles. The quantitative estimate of drug-likeness (QED) is 0.243. The number of methoxy groups -OCH3 is 1. The summed E-state index contributed by atoms with van der Waals surface area (Å²) in [5.74, 6) is 0.956. The highest BCUT2D eigenvalue weighted by Crippen LogP contribution is 2.33. The smallest absolute Gasteiger partial charge is 0.296 e. The van der Waals surface area contributed by atoms with Crippen molar-refractivity contribution in [1.82, 2.24) is 20.2 Å². The lowest BCUT2D eigenvalue weighted by atomic mass is 9.99. The van der Waals surface area contributed by atoms with E-state index in [2.05, 4.69) is 47.3 Å². The number of hydrogen-bond acceptors (Lipinski definition) is 8. The molecule has 38 heavy (non-hydrogen) atoms. The van der Waals surface area contributed by atoms with Crippen molar-refractivity contribution in [3.05, 3.63) is 76.9 Å². The van der Waals surface area contributed by atoms with Crippen molar-refractivity contribution in [2.24, 2.45) is 5.92 Å². The molecule has 0 aliphatic carbocycles. The largest absolute Gasteiger partial charge is 0.496 e. The third kappa shape index (κ3) is 6.72. The number of para-hydroxylation sites is 1. The van der Waals surface area contributed by atoms with Crippen molar-refractivity contribution in [2.75, 3.05) is 12.4 Å². The first kappa shape index (κ1) is 27.2. The van der Waals surface area contributed by atoms with Gasteiger partial charge in [0.25, 0.3) is 11.1 Å². The SMILES string of the molecule is CCc1ccc(COc2nnc(NC(=O)c3cnc(C)cc3-c3ccccc3OC)s2)nc1CCC(C)C. The molecule has 0 saturated heterocycles. The molecule has 8 nitrogen and oxygen atoms in total. The Balaban J connectivity index is 1.45. The summed E-state index contributed by atoms with van der Waals surface area (Å²) >= 11 is 1.16. The average Bonchev–Trinajstić information content (AvgIpc) is 3.37. The van der Waals surface area contributed by atoms with Gasteiger partial charge in [-0.3, -0.25) is 20.1 Å². The highest BCUT2D eigenvalue weighted by atomic mass is 32.1. The van der Waals surface area contributed by atoms with Crippen molar-refractivity contribution in [2.45, 2.75) is 53.6 Å². The van der Waals surface area contributed by atoms with E-state index in [-0.39, 0.29) is 12.5 Å². The number of anilines is 1. The first-order valence-corrected chi connectivity index (χ1v) is 13.5. The van der Waals surface area contributed by atoms with Crippen LogP contribution in [0, 0.1) is 12.8 Å². The van der Waals surface area contributed by atoms with Gasteiger partial charge in [-0.05, 0) is 67.2 Å². The Morgan fingerprint density at radius 2 is 1.92 bits per heavy atom. The molecule has 1 N–H and O–H groups in total. The number of carbonyl (C=O) groups is 1. The van der Waals surface area contributed by atoms with Gasteiger partial charge in [0.15, 0.2) is 0 Å². The Hall–Kier alpha value is -3.85. The van der Waals surface area contributed by atoms with Crippen LogP contribution in [0.3, 0.4) is 0 Å². The fourth-order valence-corrected chi connectivity index (χ4v) is 4.66. The van der Waals surface area contributed by atoms with E-state index in [1.54, 1.807) is 13.3 Å². The van der Waals surface area contributed by atoms with E-state index < -0.39 is 0 Å². The molecule has 3 heterocycles. The van der Waals surface area contributed by atoms with E-state index in [0.717, 1.165) is 58.8 Å². The maximum Gasteiger partial charge on any atom is 0.296 e. The average molecular weight is 532 g/mol.